The van der Waals surface area contributed by atoms with E-state index in [-0.39, 0.29) is 0 Å². The standard InChI is InChI=1S/C5HF13Si/c6-1(2(7,8)9)19(3(10,11)12,4(13,14)15)5(16,17)18/h1H. The van der Waals surface area contributed by atoms with Gasteiger partial charge in [0.05, 0.1) is 0 Å². The molecule has 0 spiro atoms. The van der Waals surface area contributed by atoms with Gasteiger partial charge in [0, 0.05) is 0 Å². The SMILES string of the molecule is FC(C(F)(F)F)[Si](C(F)(F)F)(C(F)(F)F)C(F)(F)F. The van der Waals surface area contributed by atoms with Crippen LogP contribution in [0.2, 0.25) is 0 Å². The highest BCUT2D eigenvalue weighted by Crippen LogP contribution is 2.55. The van der Waals surface area contributed by atoms with Crippen molar-refractivity contribution in [3.8, 4) is 0 Å². The lowest BCUT2D eigenvalue weighted by Gasteiger charge is -2.38. The average molecular weight is 336 g/mol. The lowest BCUT2D eigenvalue weighted by Crippen LogP contribution is -2.79. The van der Waals surface area contributed by atoms with Crippen LogP contribution in [0.5, 0.6) is 0 Å². The Kier molecular flexibility index (Phi) is 4.25. The maximum Gasteiger partial charge on any atom is 0.467 e. The van der Waals surface area contributed by atoms with Crippen LogP contribution in [0, 0.1) is 0 Å². The molecular weight excluding hydrogens is 335 g/mol. The van der Waals surface area contributed by atoms with E-state index < -0.39 is 37.4 Å². The van der Waals surface area contributed by atoms with E-state index in [4.69, 9.17) is 0 Å². The summed E-state index contributed by atoms with van der Waals surface area (Å²) in [5, 5.41) is 0. The molecule has 0 bridgehead atoms. The van der Waals surface area contributed by atoms with Crippen molar-refractivity contribution < 1.29 is 57.1 Å². The van der Waals surface area contributed by atoms with Gasteiger partial charge in [0.15, 0.2) is 0 Å². The van der Waals surface area contributed by atoms with Crippen LogP contribution in [0.3, 0.4) is 0 Å². The van der Waals surface area contributed by atoms with Crippen LogP contribution in [-0.4, -0.2) is 37.4 Å². The first-order chi connectivity index (χ1) is 7.90. The van der Waals surface area contributed by atoms with Crippen molar-refractivity contribution in [2.75, 3.05) is 0 Å². The lowest BCUT2D eigenvalue weighted by atomic mass is 10.7. The summed E-state index contributed by atoms with van der Waals surface area (Å²) < 4.78 is 156. The third-order valence-corrected chi connectivity index (χ3v) is 5.78. The molecule has 0 heterocycles. The highest BCUT2D eigenvalue weighted by molar-refractivity contribution is 6.86. The number of alkyl halides is 13. The minimum absolute atomic E-state index is 6.10. The van der Waals surface area contributed by atoms with Crippen molar-refractivity contribution in [2.45, 2.75) is 29.4 Å². The molecular formula is C5HF13Si. The second-order valence-corrected chi connectivity index (χ2v) is 7.03. The fraction of sp³-hybridized carbons (Fsp3) is 1.00. The first kappa shape index (κ1) is 18.3. The minimum atomic E-state index is -9.43. The van der Waals surface area contributed by atoms with E-state index in [0.717, 1.165) is 0 Å². The first-order valence-electron chi connectivity index (χ1n) is 3.81. The van der Waals surface area contributed by atoms with Gasteiger partial charge in [-0.1, -0.05) is 0 Å². The highest BCUT2D eigenvalue weighted by atomic mass is 28.3. The largest absolute Gasteiger partial charge is 0.467 e. The van der Waals surface area contributed by atoms with E-state index >= 15 is 0 Å². The predicted molar refractivity (Wildman–Crippen MR) is 34.9 cm³/mol. The fourth-order valence-electron chi connectivity index (χ4n) is 1.16. The third-order valence-electron chi connectivity index (χ3n) is 2.01. The zero-order chi connectivity index (χ0) is 16.1. The summed E-state index contributed by atoms with van der Waals surface area (Å²) in [6.45, 7) is 0. The van der Waals surface area contributed by atoms with Crippen LogP contribution in [0.1, 0.15) is 0 Å². The summed E-state index contributed by atoms with van der Waals surface area (Å²) in [5.74, 6) is -28.4. The molecule has 0 N–H and O–H groups in total. The van der Waals surface area contributed by atoms with Gasteiger partial charge >= 0.3 is 31.6 Å². The molecule has 0 aliphatic rings. The third kappa shape index (κ3) is 2.76. The molecule has 14 heteroatoms. The van der Waals surface area contributed by atoms with E-state index in [9.17, 15) is 57.1 Å². The molecule has 0 aromatic carbocycles. The maximum absolute atomic E-state index is 12.5. The summed E-state index contributed by atoms with van der Waals surface area (Å²) in [6, 6.07) is 0. The van der Waals surface area contributed by atoms with Gasteiger partial charge in [-0.15, -0.1) is 0 Å². The molecule has 0 amide bonds. The van der Waals surface area contributed by atoms with Gasteiger partial charge in [0.1, 0.15) is 0 Å². The van der Waals surface area contributed by atoms with Crippen molar-refractivity contribution in [2.24, 2.45) is 0 Å². The number of hydrogen-bond acceptors (Lipinski definition) is 0. The number of halogens is 13. The van der Waals surface area contributed by atoms with Crippen LogP contribution in [0.25, 0.3) is 0 Å². The van der Waals surface area contributed by atoms with Gasteiger partial charge in [0.2, 0.25) is 5.79 Å². The second-order valence-electron chi connectivity index (χ2n) is 3.21. The Balaban J connectivity index is 6.45. The Labute approximate surface area is 95.7 Å². The van der Waals surface area contributed by atoms with Crippen molar-refractivity contribution in [3.63, 3.8) is 0 Å². The Hall–Kier alpha value is -0.693. The normalized spacial score (nSPS) is 17.5. The van der Waals surface area contributed by atoms with Crippen LogP contribution in [0.4, 0.5) is 57.1 Å². The molecule has 0 saturated heterocycles. The van der Waals surface area contributed by atoms with Gasteiger partial charge < -0.3 is 0 Å². The van der Waals surface area contributed by atoms with E-state index in [2.05, 4.69) is 0 Å². The smallest absolute Gasteiger partial charge is 0.240 e. The topological polar surface area (TPSA) is 0 Å². The van der Waals surface area contributed by atoms with Gasteiger partial charge in [-0.2, -0.15) is 52.7 Å². The molecule has 116 valence electrons. The molecule has 0 rings (SSSR count). The zero-order valence-electron chi connectivity index (χ0n) is 7.99. The van der Waals surface area contributed by atoms with E-state index in [1.54, 1.807) is 0 Å². The van der Waals surface area contributed by atoms with Gasteiger partial charge in [-0.3, -0.25) is 0 Å². The first-order valence-corrected chi connectivity index (χ1v) is 5.89. The van der Waals surface area contributed by atoms with Gasteiger partial charge in [-0.05, 0) is 0 Å². The van der Waals surface area contributed by atoms with Crippen molar-refractivity contribution >= 4 is 8.07 Å². The number of hydrogen-bond donors (Lipinski definition) is 0. The van der Waals surface area contributed by atoms with E-state index in [1.165, 1.54) is 0 Å². The molecule has 0 saturated carbocycles. The van der Waals surface area contributed by atoms with E-state index in [0.29, 0.717) is 0 Å². The predicted octanol–water partition coefficient (Wildman–Crippen LogP) is 4.18. The average Bonchev–Trinajstić information content (AvgIpc) is 1.92. The van der Waals surface area contributed by atoms with Crippen molar-refractivity contribution in [1.82, 2.24) is 0 Å². The molecule has 0 radical (unpaired) electrons. The summed E-state index contributed by atoms with van der Waals surface area (Å²) in [5.41, 5.74) is 0. The Morgan fingerprint density at radius 2 is 0.737 bits per heavy atom. The van der Waals surface area contributed by atoms with Crippen LogP contribution in [-0.2, 0) is 0 Å². The van der Waals surface area contributed by atoms with Crippen LogP contribution >= 0.6 is 0 Å². The summed E-state index contributed by atoms with van der Waals surface area (Å²) in [7, 11) is -9.43. The molecule has 0 aromatic rings. The van der Waals surface area contributed by atoms with Gasteiger partial charge in [0.25, 0.3) is 0 Å². The van der Waals surface area contributed by atoms with Crippen molar-refractivity contribution in [3.05, 3.63) is 0 Å². The van der Waals surface area contributed by atoms with Crippen molar-refractivity contribution in [1.29, 1.82) is 0 Å². The van der Waals surface area contributed by atoms with Crippen LogP contribution < -0.4 is 0 Å². The minimum Gasteiger partial charge on any atom is -0.240 e. The molecule has 19 heavy (non-hydrogen) atoms. The fourth-order valence-corrected chi connectivity index (χ4v) is 3.48. The summed E-state index contributed by atoms with van der Waals surface area (Å²) >= 11 is 0. The lowest BCUT2D eigenvalue weighted by molar-refractivity contribution is -0.209. The quantitative estimate of drug-likeness (QED) is 0.498. The second kappa shape index (κ2) is 4.41. The van der Waals surface area contributed by atoms with Gasteiger partial charge in [-0.25, -0.2) is 4.39 Å². The summed E-state index contributed by atoms with van der Waals surface area (Å²) in [6.07, 6.45) is -6.95. The molecule has 0 aromatic heterocycles. The Morgan fingerprint density at radius 3 is 0.789 bits per heavy atom. The molecule has 0 aliphatic carbocycles. The highest BCUT2D eigenvalue weighted by Gasteiger charge is 2.94. The molecule has 1 unspecified atom stereocenters. The zero-order valence-corrected chi connectivity index (χ0v) is 8.99. The molecule has 0 aliphatic heterocycles. The summed E-state index contributed by atoms with van der Waals surface area (Å²) in [4.78, 5) is 0. The molecule has 0 fully saturated rings. The molecule has 1 atom stereocenters. The molecule has 0 nitrogen and oxygen atoms in total. The Morgan fingerprint density at radius 1 is 0.526 bits per heavy atom. The van der Waals surface area contributed by atoms with Crippen LogP contribution in [0.15, 0.2) is 0 Å². The number of rotatable bonds is 1. The van der Waals surface area contributed by atoms with E-state index in [1.807, 2.05) is 0 Å². The monoisotopic (exact) mass is 336 g/mol. The Bertz CT molecular complexity index is 278. The maximum atomic E-state index is 12.5.